The summed E-state index contributed by atoms with van der Waals surface area (Å²) < 4.78 is 4.96. The summed E-state index contributed by atoms with van der Waals surface area (Å²) >= 11 is 0. The van der Waals surface area contributed by atoms with E-state index in [9.17, 15) is 14.9 Å². The van der Waals surface area contributed by atoms with Gasteiger partial charge in [0.2, 0.25) is 0 Å². The number of aromatic carboxylic acids is 1. The number of nitro groups is 1. The van der Waals surface area contributed by atoms with Crippen molar-refractivity contribution in [1.29, 1.82) is 0 Å². The van der Waals surface area contributed by atoms with Crippen molar-refractivity contribution >= 4 is 17.3 Å². The minimum absolute atomic E-state index is 0.00270. The van der Waals surface area contributed by atoms with Crippen LogP contribution in [0, 0.1) is 10.1 Å². The van der Waals surface area contributed by atoms with E-state index in [1.54, 1.807) is 11.0 Å². The first kappa shape index (κ1) is 15.6. The number of methoxy groups -OCH3 is 1. The van der Waals surface area contributed by atoms with Crippen molar-refractivity contribution in [2.45, 2.75) is 0 Å². The second-order valence-corrected chi connectivity index (χ2v) is 3.99. The number of carbonyl (C=O) groups is 1. The van der Waals surface area contributed by atoms with Gasteiger partial charge in [0.05, 0.1) is 17.1 Å². The first-order chi connectivity index (χ1) is 9.51. The number of hydrogen-bond donors (Lipinski definition) is 1. The minimum Gasteiger partial charge on any atom is -0.478 e. The first-order valence-corrected chi connectivity index (χ1v) is 5.87. The molecule has 1 rings (SSSR count). The molecule has 0 saturated heterocycles. The van der Waals surface area contributed by atoms with Crippen LogP contribution >= 0.6 is 0 Å². The van der Waals surface area contributed by atoms with E-state index in [4.69, 9.17) is 9.84 Å². The topological polar surface area (TPSA) is 92.9 Å². The lowest BCUT2D eigenvalue weighted by Crippen LogP contribution is -2.28. The van der Waals surface area contributed by atoms with Crippen molar-refractivity contribution < 1.29 is 19.6 Å². The Kier molecular flexibility index (Phi) is 5.67. The Bertz CT molecular complexity index is 515. The molecular formula is C13H16N2O5. The summed E-state index contributed by atoms with van der Waals surface area (Å²) in [6.45, 7) is 4.71. The van der Waals surface area contributed by atoms with Crippen LogP contribution in [0.2, 0.25) is 0 Å². The number of nitrogens with zero attached hydrogens (tertiary/aromatic N) is 2. The summed E-state index contributed by atoms with van der Waals surface area (Å²) in [6, 6.07) is 3.70. The highest BCUT2D eigenvalue weighted by Crippen LogP contribution is 2.29. The Hall–Kier alpha value is -2.41. The quantitative estimate of drug-likeness (QED) is 0.444. The molecule has 0 fully saturated rings. The van der Waals surface area contributed by atoms with Crippen molar-refractivity contribution in [2.75, 3.05) is 31.7 Å². The molecule has 0 aliphatic heterocycles. The molecule has 0 saturated carbocycles. The van der Waals surface area contributed by atoms with Crippen LogP contribution in [0.4, 0.5) is 11.4 Å². The number of hydrogen-bond acceptors (Lipinski definition) is 5. The number of ether oxygens (including phenoxy) is 1. The third-order valence-electron chi connectivity index (χ3n) is 2.67. The Balaban J connectivity index is 3.26. The fourth-order valence-electron chi connectivity index (χ4n) is 1.73. The molecule has 0 radical (unpaired) electrons. The standard InChI is InChI=1S/C13H16N2O5/c1-3-6-14(7-8-20-2)12-9-10(13(16)17)4-5-11(12)15(18)19/h3-5,9H,1,6-8H2,2H3,(H,16,17). The van der Waals surface area contributed by atoms with Gasteiger partial charge in [-0.15, -0.1) is 6.58 Å². The molecule has 0 heterocycles. The van der Waals surface area contributed by atoms with Crippen LogP contribution in [0.25, 0.3) is 0 Å². The Morgan fingerprint density at radius 1 is 1.60 bits per heavy atom. The average molecular weight is 280 g/mol. The molecule has 1 aromatic rings. The summed E-state index contributed by atoms with van der Waals surface area (Å²) in [5.74, 6) is -1.13. The van der Waals surface area contributed by atoms with E-state index in [1.165, 1.54) is 25.3 Å². The van der Waals surface area contributed by atoms with E-state index in [2.05, 4.69) is 6.58 Å². The molecule has 108 valence electrons. The maximum Gasteiger partial charge on any atom is 0.335 e. The van der Waals surface area contributed by atoms with Crippen molar-refractivity contribution in [3.63, 3.8) is 0 Å². The van der Waals surface area contributed by atoms with Crippen LogP contribution in [0.15, 0.2) is 30.9 Å². The zero-order chi connectivity index (χ0) is 15.1. The Morgan fingerprint density at radius 2 is 2.30 bits per heavy atom. The largest absolute Gasteiger partial charge is 0.478 e. The highest BCUT2D eigenvalue weighted by Gasteiger charge is 2.20. The predicted octanol–water partition coefficient (Wildman–Crippen LogP) is 1.93. The van der Waals surface area contributed by atoms with Gasteiger partial charge in [0.15, 0.2) is 0 Å². The highest BCUT2D eigenvalue weighted by atomic mass is 16.6. The Labute approximate surface area is 116 Å². The monoisotopic (exact) mass is 280 g/mol. The second kappa shape index (κ2) is 7.25. The van der Waals surface area contributed by atoms with Crippen molar-refractivity contribution in [1.82, 2.24) is 0 Å². The molecule has 0 atom stereocenters. The zero-order valence-electron chi connectivity index (χ0n) is 11.1. The fourth-order valence-corrected chi connectivity index (χ4v) is 1.73. The molecular weight excluding hydrogens is 264 g/mol. The molecule has 7 heteroatoms. The van der Waals surface area contributed by atoms with Gasteiger partial charge in [0.1, 0.15) is 5.69 Å². The molecule has 0 aromatic heterocycles. The van der Waals surface area contributed by atoms with Crippen molar-refractivity contribution in [2.24, 2.45) is 0 Å². The fraction of sp³-hybridized carbons (Fsp3) is 0.308. The molecule has 0 aliphatic rings. The molecule has 0 spiro atoms. The lowest BCUT2D eigenvalue weighted by molar-refractivity contribution is -0.384. The first-order valence-electron chi connectivity index (χ1n) is 5.87. The summed E-state index contributed by atoms with van der Waals surface area (Å²) in [5, 5.41) is 20.1. The van der Waals surface area contributed by atoms with Crippen LogP contribution in [0.1, 0.15) is 10.4 Å². The summed E-state index contributed by atoms with van der Waals surface area (Å²) in [7, 11) is 1.52. The maximum atomic E-state index is 11.1. The second-order valence-electron chi connectivity index (χ2n) is 3.99. The van der Waals surface area contributed by atoms with Gasteiger partial charge in [-0.25, -0.2) is 4.79 Å². The number of nitro benzene ring substituents is 1. The lowest BCUT2D eigenvalue weighted by Gasteiger charge is -2.22. The number of benzene rings is 1. The van der Waals surface area contributed by atoms with Gasteiger partial charge < -0.3 is 14.7 Å². The highest BCUT2D eigenvalue weighted by molar-refractivity contribution is 5.90. The van der Waals surface area contributed by atoms with Gasteiger partial charge in [-0.2, -0.15) is 0 Å². The van der Waals surface area contributed by atoms with Gasteiger partial charge >= 0.3 is 5.97 Å². The van der Waals surface area contributed by atoms with E-state index in [-0.39, 0.29) is 16.9 Å². The van der Waals surface area contributed by atoms with E-state index in [0.717, 1.165) is 0 Å². The van der Waals surface area contributed by atoms with Crippen molar-refractivity contribution in [3.05, 3.63) is 46.5 Å². The van der Waals surface area contributed by atoms with Crippen LogP contribution in [-0.2, 0) is 4.74 Å². The van der Waals surface area contributed by atoms with E-state index in [0.29, 0.717) is 19.7 Å². The van der Waals surface area contributed by atoms with E-state index in [1.807, 2.05) is 0 Å². The predicted molar refractivity (Wildman–Crippen MR) is 74.3 cm³/mol. The van der Waals surface area contributed by atoms with Crippen molar-refractivity contribution in [3.8, 4) is 0 Å². The van der Waals surface area contributed by atoms with Gasteiger partial charge in [-0.3, -0.25) is 10.1 Å². The normalized spacial score (nSPS) is 10.1. The minimum atomic E-state index is -1.13. The molecule has 20 heavy (non-hydrogen) atoms. The summed E-state index contributed by atoms with van der Waals surface area (Å²) in [4.78, 5) is 23.2. The van der Waals surface area contributed by atoms with Gasteiger partial charge in [-0.05, 0) is 12.1 Å². The van der Waals surface area contributed by atoms with Crippen LogP contribution in [0.5, 0.6) is 0 Å². The number of rotatable bonds is 8. The van der Waals surface area contributed by atoms with E-state index < -0.39 is 10.9 Å². The lowest BCUT2D eigenvalue weighted by atomic mass is 10.1. The maximum absolute atomic E-state index is 11.1. The Morgan fingerprint density at radius 3 is 2.80 bits per heavy atom. The van der Waals surface area contributed by atoms with Crippen LogP contribution in [-0.4, -0.2) is 42.8 Å². The molecule has 0 amide bonds. The summed E-state index contributed by atoms with van der Waals surface area (Å²) in [6.07, 6.45) is 1.59. The van der Waals surface area contributed by atoms with Crippen LogP contribution in [0.3, 0.4) is 0 Å². The number of carboxylic acid groups (broad SMARTS) is 1. The number of anilines is 1. The third-order valence-corrected chi connectivity index (χ3v) is 2.67. The molecule has 7 nitrogen and oxygen atoms in total. The summed E-state index contributed by atoms with van der Waals surface area (Å²) in [5.41, 5.74) is 0.0943. The number of carboxylic acids is 1. The molecule has 0 unspecified atom stereocenters. The van der Waals surface area contributed by atoms with E-state index >= 15 is 0 Å². The third kappa shape index (κ3) is 3.79. The smallest absolute Gasteiger partial charge is 0.335 e. The van der Waals surface area contributed by atoms with Gasteiger partial charge in [-0.1, -0.05) is 6.08 Å². The molecule has 1 N–H and O–H groups in total. The average Bonchev–Trinajstić information content (AvgIpc) is 2.42. The molecule has 0 bridgehead atoms. The van der Waals surface area contributed by atoms with Gasteiger partial charge in [0, 0.05) is 26.3 Å². The zero-order valence-corrected chi connectivity index (χ0v) is 11.1. The molecule has 0 aliphatic carbocycles. The SMILES string of the molecule is C=CCN(CCOC)c1cc(C(=O)O)ccc1[N+](=O)[O-]. The van der Waals surface area contributed by atoms with Crippen LogP contribution < -0.4 is 4.90 Å². The molecule has 1 aromatic carbocycles. The van der Waals surface area contributed by atoms with Gasteiger partial charge in [0.25, 0.3) is 5.69 Å².